The number of hydrogen-bond donors (Lipinski definition) is 2. The highest BCUT2D eigenvalue weighted by atomic mass is 16.3. The number of hydrazone groups is 1. The number of nitrogens with one attached hydrogen (secondary N) is 1. The van der Waals surface area contributed by atoms with Gasteiger partial charge in [0.2, 0.25) is 0 Å². The molecule has 0 fully saturated rings. The van der Waals surface area contributed by atoms with Crippen molar-refractivity contribution < 1.29 is 14.7 Å². The van der Waals surface area contributed by atoms with Crippen LogP contribution in [0.1, 0.15) is 15.9 Å². The van der Waals surface area contributed by atoms with Crippen LogP contribution in [0.4, 0.5) is 5.69 Å². The first-order chi connectivity index (χ1) is 13.6. The predicted molar refractivity (Wildman–Crippen MR) is 109 cm³/mol. The van der Waals surface area contributed by atoms with Crippen molar-refractivity contribution in [2.75, 3.05) is 11.4 Å². The van der Waals surface area contributed by atoms with Gasteiger partial charge in [-0.15, -0.1) is 6.58 Å². The summed E-state index contributed by atoms with van der Waals surface area (Å²) in [4.78, 5) is 26.8. The monoisotopic (exact) mass is 371 g/mol. The summed E-state index contributed by atoms with van der Waals surface area (Å²) in [5, 5.41) is 15.9. The van der Waals surface area contributed by atoms with Crippen LogP contribution in [0.25, 0.3) is 10.8 Å². The van der Waals surface area contributed by atoms with E-state index in [4.69, 9.17) is 0 Å². The molecule has 2 N–H and O–H groups in total. The van der Waals surface area contributed by atoms with Gasteiger partial charge in [-0.1, -0.05) is 48.5 Å². The zero-order valence-electron chi connectivity index (χ0n) is 14.9. The number of amides is 2. The lowest BCUT2D eigenvalue weighted by molar-refractivity contribution is -0.112. The van der Waals surface area contributed by atoms with Crippen molar-refractivity contribution in [1.82, 2.24) is 5.43 Å². The Kier molecular flexibility index (Phi) is 4.37. The van der Waals surface area contributed by atoms with E-state index in [0.717, 1.165) is 10.8 Å². The molecular formula is C22H17N3O3. The number of carbonyl (C=O) groups excluding carboxylic acids is 2. The van der Waals surface area contributed by atoms with Crippen LogP contribution in [0, 0.1) is 0 Å². The van der Waals surface area contributed by atoms with Crippen LogP contribution in [0.2, 0.25) is 0 Å². The van der Waals surface area contributed by atoms with E-state index in [1.54, 1.807) is 29.2 Å². The second-order valence-corrected chi connectivity index (χ2v) is 6.34. The molecule has 4 rings (SSSR count). The number of hydrogen-bond acceptors (Lipinski definition) is 4. The molecule has 0 unspecified atom stereocenters. The largest absolute Gasteiger partial charge is 0.507 e. The van der Waals surface area contributed by atoms with E-state index < -0.39 is 5.91 Å². The van der Waals surface area contributed by atoms with Crippen LogP contribution >= 0.6 is 0 Å². The average molecular weight is 371 g/mol. The molecule has 6 heteroatoms. The summed E-state index contributed by atoms with van der Waals surface area (Å²) in [6.07, 6.45) is 1.63. The van der Waals surface area contributed by atoms with E-state index in [1.165, 1.54) is 6.07 Å². The summed E-state index contributed by atoms with van der Waals surface area (Å²) in [6, 6.07) is 17.7. The molecule has 2 amide bonds. The molecule has 1 aliphatic heterocycles. The predicted octanol–water partition coefficient (Wildman–Crippen LogP) is 3.21. The quantitative estimate of drug-likeness (QED) is 0.546. The molecule has 0 aromatic heterocycles. The highest BCUT2D eigenvalue weighted by molar-refractivity contribution is 6.54. The summed E-state index contributed by atoms with van der Waals surface area (Å²) in [5.41, 5.74) is 3.98. The molecule has 0 spiro atoms. The average Bonchev–Trinajstić information content (AvgIpc) is 2.97. The maximum absolute atomic E-state index is 12.7. The second-order valence-electron chi connectivity index (χ2n) is 6.34. The third kappa shape index (κ3) is 2.91. The molecule has 3 aromatic rings. The van der Waals surface area contributed by atoms with Crippen molar-refractivity contribution in [3.63, 3.8) is 0 Å². The van der Waals surface area contributed by atoms with Crippen molar-refractivity contribution in [3.05, 3.63) is 84.4 Å². The number of aromatic hydroxyl groups is 1. The smallest absolute Gasteiger partial charge is 0.279 e. The van der Waals surface area contributed by atoms with E-state index in [9.17, 15) is 14.7 Å². The first-order valence-electron chi connectivity index (χ1n) is 8.72. The number of phenols is 1. The van der Waals surface area contributed by atoms with Gasteiger partial charge in [0.15, 0.2) is 5.71 Å². The molecule has 0 saturated carbocycles. The lowest BCUT2D eigenvalue weighted by atomic mass is 10.1. The van der Waals surface area contributed by atoms with Gasteiger partial charge in [0.1, 0.15) is 5.75 Å². The second kappa shape index (κ2) is 7.00. The Morgan fingerprint density at radius 1 is 1.11 bits per heavy atom. The lowest BCUT2D eigenvalue weighted by Crippen LogP contribution is -2.31. The van der Waals surface area contributed by atoms with Gasteiger partial charge in [-0.2, -0.15) is 5.10 Å². The minimum atomic E-state index is -0.594. The molecular weight excluding hydrogens is 354 g/mol. The van der Waals surface area contributed by atoms with Crippen molar-refractivity contribution in [2.24, 2.45) is 5.10 Å². The van der Waals surface area contributed by atoms with Crippen molar-refractivity contribution in [1.29, 1.82) is 0 Å². The molecule has 138 valence electrons. The van der Waals surface area contributed by atoms with Crippen LogP contribution in [-0.4, -0.2) is 29.2 Å². The van der Waals surface area contributed by atoms with Gasteiger partial charge in [-0.25, -0.2) is 5.43 Å². The minimum absolute atomic E-state index is 0.0877. The van der Waals surface area contributed by atoms with Crippen molar-refractivity contribution in [3.8, 4) is 5.75 Å². The first kappa shape index (κ1) is 17.5. The van der Waals surface area contributed by atoms with Crippen LogP contribution in [0.3, 0.4) is 0 Å². The molecule has 0 radical (unpaired) electrons. The standard InChI is InChI=1S/C22H17N3O3/c1-2-11-25-18-10-6-5-9-16(18)20(22(25)28)23-24-21(27)17-12-14-7-3-4-8-15(14)13-19(17)26/h2-10,12-13,26H,1,11H2,(H,24,27)/b23-20+. The van der Waals surface area contributed by atoms with Gasteiger partial charge in [-0.05, 0) is 29.0 Å². The van der Waals surface area contributed by atoms with Gasteiger partial charge >= 0.3 is 0 Å². The Hall–Kier alpha value is -3.93. The maximum Gasteiger partial charge on any atom is 0.279 e. The normalized spacial score (nSPS) is 14.4. The van der Waals surface area contributed by atoms with Crippen LogP contribution < -0.4 is 10.3 Å². The molecule has 0 aliphatic carbocycles. The van der Waals surface area contributed by atoms with Gasteiger partial charge in [0, 0.05) is 12.1 Å². The van der Waals surface area contributed by atoms with Gasteiger partial charge in [0.25, 0.3) is 11.8 Å². The maximum atomic E-state index is 12.7. The Morgan fingerprint density at radius 3 is 2.54 bits per heavy atom. The Balaban J connectivity index is 1.66. The van der Waals surface area contributed by atoms with Gasteiger partial charge in [0.05, 0.1) is 11.3 Å². The number of carbonyl (C=O) groups is 2. The topological polar surface area (TPSA) is 82.0 Å². The minimum Gasteiger partial charge on any atom is -0.507 e. The van der Waals surface area contributed by atoms with Gasteiger partial charge < -0.3 is 10.0 Å². The summed E-state index contributed by atoms with van der Waals surface area (Å²) in [6.45, 7) is 4.02. The number of nitrogens with zero attached hydrogens (tertiary/aromatic N) is 2. The first-order valence-corrected chi connectivity index (χ1v) is 8.72. The van der Waals surface area contributed by atoms with E-state index in [2.05, 4.69) is 17.1 Å². The number of benzene rings is 3. The SMILES string of the molecule is C=CCN1C(=O)/C(=N/NC(=O)c2cc3ccccc3cc2O)c2ccccc21. The van der Waals surface area contributed by atoms with E-state index in [-0.39, 0.29) is 22.9 Å². The van der Waals surface area contributed by atoms with E-state index >= 15 is 0 Å². The third-order valence-corrected chi connectivity index (χ3v) is 4.59. The van der Waals surface area contributed by atoms with E-state index in [1.807, 2.05) is 36.4 Å². The molecule has 0 bridgehead atoms. The highest BCUT2D eigenvalue weighted by Crippen LogP contribution is 2.29. The number of phenolic OH excluding ortho intramolecular Hbond substituents is 1. The fourth-order valence-corrected chi connectivity index (χ4v) is 3.26. The summed E-state index contributed by atoms with van der Waals surface area (Å²) in [5.74, 6) is -1.06. The summed E-state index contributed by atoms with van der Waals surface area (Å²) < 4.78 is 0. The number of anilines is 1. The molecule has 3 aromatic carbocycles. The fraction of sp³-hybridized carbons (Fsp3) is 0.0455. The number of para-hydroxylation sites is 1. The van der Waals surface area contributed by atoms with Crippen LogP contribution in [-0.2, 0) is 4.79 Å². The number of rotatable bonds is 4. The van der Waals surface area contributed by atoms with Gasteiger partial charge in [-0.3, -0.25) is 9.59 Å². The zero-order chi connectivity index (χ0) is 19.7. The molecule has 0 saturated heterocycles. The molecule has 1 heterocycles. The third-order valence-electron chi connectivity index (χ3n) is 4.59. The Bertz CT molecular complexity index is 1150. The molecule has 1 aliphatic rings. The number of fused-ring (bicyclic) bond motifs is 2. The summed E-state index contributed by atoms with van der Waals surface area (Å²) in [7, 11) is 0. The fourth-order valence-electron chi connectivity index (χ4n) is 3.26. The van der Waals surface area contributed by atoms with Crippen molar-refractivity contribution in [2.45, 2.75) is 0 Å². The lowest BCUT2D eigenvalue weighted by Gasteiger charge is -2.13. The molecule has 6 nitrogen and oxygen atoms in total. The van der Waals surface area contributed by atoms with Crippen molar-refractivity contribution >= 4 is 34.0 Å². The van der Waals surface area contributed by atoms with Crippen LogP contribution in [0.15, 0.2) is 78.4 Å². The Labute approximate surface area is 161 Å². The molecule has 28 heavy (non-hydrogen) atoms. The summed E-state index contributed by atoms with van der Waals surface area (Å²) >= 11 is 0. The van der Waals surface area contributed by atoms with Crippen LogP contribution in [0.5, 0.6) is 5.75 Å². The van der Waals surface area contributed by atoms with E-state index in [0.29, 0.717) is 17.8 Å². The highest BCUT2D eigenvalue weighted by Gasteiger charge is 2.33. The molecule has 0 atom stereocenters. The zero-order valence-corrected chi connectivity index (χ0v) is 14.9. The Morgan fingerprint density at radius 2 is 1.79 bits per heavy atom.